The van der Waals surface area contributed by atoms with Gasteiger partial charge in [0, 0.05) is 10.0 Å². The minimum Gasteiger partial charge on any atom is -0.462 e. The van der Waals surface area contributed by atoms with Crippen LogP contribution in [0.5, 0.6) is 0 Å². The van der Waals surface area contributed by atoms with E-state index < -0.39 is 5.97 Å². The third kappa shape index (κ3) is 4.55. The number of thiophene rings is 1. The highest BCUT2D eigenvalue weighted by Gasteiger charge is 2.24. The van der Waals surface area contributed by atoms with Crippen molar-refractivity contribution in [2.75, 3.05) is 18.5 Å². The molecule has 0 bridgehead atoms. The molecule has 1 heterocycles. The molecule has 0 saturated carbocycles. The third-order valence-electron chi connectivity index (χ3n) is 3.52. The third-order valence-corrected chi connectivity index (χ3v) is 5.40. The first kappa shape index (κ1) is 19.3. The SMILES string of the molecule is CCOC(=O)c1c(NCC(=O)c2ccc(Br)cc2)sc(C(C)=O)c1C. The fourth-order valence-electron chi connectivity index (χ4n) is 2.32. The number of ether oxygens (including phenoxy) is 1. The Hall–Kier alpha value is -1.99. The van der Waals surface area contributed by atoms with Gasteiger partial charge in [0.25, 0.3) is 0 Å². The van der Waals surface area contributed by atoms with Gasteiger partial charge in [0.05, 0.1) is 23.6 Å². The molecular weight excluding hydrogens is 406 g/mol. The molecule has 7 heteroatoms. The van der Waals surface area contributed by atoms with Crippen molar-refractivity contribution in [3.8, 4) is 0 Å². The van der Waals surface area contributed by atoms with Gasteiger partial charge in [-0.05, 0) is 38.5 Å². The Labute approximate surface area is 158 Å². The number of anilines is 1. The molecule has 1 aromatic heterocycles. The Morgan fingerprint density at radius 3 is 2.40 bits per heavy atom. The van der Waals surface area contributed by atoms with Crippen molar-refractivity contribution in [3.63, 3.8) is 0 Å². The first-order chi connectivity index (χ1) is 11.8. The van der Waals surface area contributed by atoms with Crippen LogP contribution in [0.15, 0.2) is 28.7 Å². The van der Waals surface area contributed by atoms with Crippen LogP contribution in [0.2, 0.25) is 0 Å². The zero-order valence-corrected chi connectivity index (χ0v) is 16.5. The number of ketones is 2. The maximum atomic E-state index is 12.3. The average molecular weight is 424 g/mol. The number of halogens is 1. The summed E-state index contributed by atoms with van der Waals surface area (Å²) in [4.78, 5) is 36.8. The minimum absolute atomic E-state index is 0.0192. The van der Waals surface area contributed by atoms with Gasteiger partial charge in [-0.25, -0.2) is 4.79 Å². The number of carbonyl (C=O) groups is 3. The number of benzene rings is 1. The Kier molecular flexibility index (Phi) is 6.50. The molecule has 2 aromatic rings. The number of rotatable bonds is 7. The number of Topliss-reactive ketones (excluding diaryl/α,β-unsaturated/α-hetero) is 2. The van der Waals surface area contributed by atoms with Crippen LogP contribution >= 0.6 is 27.3 Å². The van der Waals surface area contributed by atoms with Crippen molar-refractivity contribution >= 4 is 49.8 Å². The molecule has 25 heavy (non-hydrogen) atoms. The molecule has 0 saturated heterocycles. The number of nitrogens with one attached hydrogen (secondary N) is 1. The summed E-state index contributed by atoms with van der Waals surface area (Å²) in [5.74, 6) is -0.736. The van der Waals surface area contributed by atoms with E-state index in [0.717, 1.165) is 4.47 Å². The summed E-state index contributed by atoms with van der Waals surface area (Å²) in [6.07, 6.45) is 0. The summed E-state index contributed by atoms with van der Waals surface area (Å²) in [5.41, 5.74) is 1.46. The summed E-state index contributed by atoms with van der Waals surface area (Å²) in [5, 5.41) is 3.46. The molecule has 0 spiro atoms. The van der Waals surface area contributed by atoms with Gasteiger partial charge in [0.2, 0.25) is 0 Å². The monoisotopic (exact) mass is 423 g/mol. The normalized spacial score (nSPS) is 10.4. The van der Waals surface area contributed by atoms with E-state index >= 15 is 0 Å². The highest BCUT2D eigenvalue weighted by Crippen LogP contribution is 2.34. The molecule has 0 aliphatic carbocycles. The second-order valence-corrected chi connectivity index (χ2v) is 7.26. The summed E-state index contributed by atoms with van der Waals surface area (Å²) in [6.45, 7) is 5.13. The lowest BCUT2D eigenvalue weighted by molar-refractivity contribution is 0.0527. The van der Waals surface area contributed by atoms with Crippen LogP contribution in [0.25, 0.3) is 0 Å². The number of hydrogen-bond acceptors (Lipinski definition) is 6. The first-order valence-corrected chi connectivity index (χ1v) is 9.30. The van der Waals surface area contributed by atoms with E-state index in [0.29, 0.717) is 26.6 Å². The second-order valence-electron chi connectivity index (χ2n) is 5.32. The summed E-state index contributed by atoms with van der Waals surface area (Å²) >= 11 is 4.49. The fourth-order valence-corrected chi connectivity index (χ4v) is 3.67. The minimum atomic E-state index is -0.498. The predicted octanol–water partition coefficient (Wildman–Crippen LogP) is 4.49. The van der Waals surface area contributed by atoms with Crippen molar-refractivity contribution in [1.82, 2.24) is 0 Å². The molecule has 0 radical (unpaired) electrons. The van der Waals surface area contributed by atoms with Gasteiger partial charge in [-0.3, -0.25) is 9.59 Å². The first-order valence-electron chi connectivity index (χ1n) is 7.69. The largest absolute Gasteiger partial charge is 0.462 e. The molecule has 5 nitrogen and oxygen atoms in total. The quantitative estimate of drug-likeness (QED) is 0.524. The van der Waals surface area contributed by atoms with Crippen molar-refractivity contribution in [2.24, 2.45) is 0 Å². The lowest BCUT2D eigenvalue weighted by Crippen LogP contribution is -2.16. The van der Waals surface area contributed by atoms with E-state index in [1.807, 2.05) is 0 Å². The van der Waals surface area contributed by atoms with E-state index in [1.165, 1.54) is 18.3 Å². The molecule has 0 fully saturated rings. The zero-order chi connectivity index (χ0) is 18.6. The van der Waals surface area contributed by atoms with Gasteiger partial charge in [-0.15, -0.1) is 11.3 Å². The maximum Gasteiger partial charge on any atom is 0.341 e. The van der Waals surface area contributed by atoms with Crippen LogP contribution in [-0.2, 0) is 4.74 Å². The van der Waals surface area contributed by atoms with Gasteiger partial charge in [0.15, 0.2) is 11.6 Å². The standard InChI is InChI=1S/C18H18BrNO4S/c1-4-24-18(23)15-10(2)16(11(3)21)25-17(15)20-9-14(22)12-5-7-13(19)8-6-12/h5-8,20H,4,9H2,1-3H3. The lowest BCUT2D eigenvalue weighted by Gasteiger charge is -2.07. The molecule has 132 valence electrons. The average Bonchev–Trinajstić information content (AvgIpc) is 2.90. The van der Waals surface area contributed by atoms with Crippen LogP contribution in [0.4, 0.5) is 5.00 Å². The fraction of sp³-hybridized carbons (Fsp3) is 0.278. The molecule has 1 aromatic carbocycles. The second kappa shape index (κ2) is 8.40. The topological polar surface area (TPSA) is 72.5 Å². The molecule has 0 unspecified atom stereocenters. The smallest absolute Gasteiger partial charge is 0.341 e. The Morgan fingerprint density at radius 2 is 1.84 bits per heavy atom. The molecule has 0 aliphatic heterocycles. The number of hydrogen-bond donors (Lipinski definition) is 1. The highest BCUT2D eigenvalue weighted by molar-refractivity contribution is 9.10. The van der Waals surface area contributed by atoms with E-state index in [9.17, 15) is 14.4 Å². The van der Waals surface area contributed by atoms with Gasteiger partial charge >= 0.3 is 5.97 Å². The molecular formula is C18H18BrNO4S. The van der Waals surface area contributed by atoms with Gasteiger partial charge < -0.3 is 10.1 Å². The molecule has 1 N–H and O–H groups in total. The predicted molar refractivity (Wildman–Crippen MR) is 102 cm³/mol. The highest BCUT2D eigenvalue weighted by atomic mass is 79.9. The molecule has 2 rings (SSSR count). The van der Waals surface area contributed by atoms with Crippen molar-refractivity contribution < 1.29 is 19.1 Å². The van der Waals surface area contributed by atoms with Crippen molar-refractivity contribution in [3.05, 3.63) is 50.3 Å². The van der Waals surface area contributed by atoms with E-state index in [2.05, 4.69) is 21.2 Å². The molecule has 0 atom stereocenters. The maximum absolute atomic E-state index is 12.3. The van der Waals surface area contributed by atoms with E-state index in [1.54, 1.807) is 38.1 Å². The summed E-state index contributed by atoms with van der Waals surface area (Å²) in [6, 6.07) is 7.03. The van der Waals surface area contributed by atoms with E-state index in [4.69, 9.17) is 4.74 Å². The summed E-state index contributed by atoms with van der Waals surface area (Å²) < 4.78 is 5.96. The Balaban J connectivity index is 2.24. The van der Waals surface area contributed by atoms with Crippen LogP contribution in [0.1, 0.15) is 49.8 Å². The van der Waals surface area contributed by atoms with Crippen molar-refractivity contribution in [2.45, 2.75) is 20.8 Å². The Morgan fingerprint density at radius 1 is 1.20 bits per heavy atom. The Bertz CT molecular complexity index is 811. The van der Waals surface area contributed by atoms with Crippen LogP contribution in [-0.4, -0.2) is 30.7 Å². The van der Waals surface area contributed by atoms with Crippen LogP contribution in [0, 0.1) is 6.92 Å². The van der Waals surface area contributed by atoms with Crippen LogP contribution < -0.4 is 5.32 Å². The molecule has 0 aliphatic rings. The zero-order valence-electron chi connectivity index (χ0n) is 14.1. The lowest BCUT2D eigenvalue weighted by atomic mass is 10.1. The van der Waals surface area contributed by atoms with E-state index in [-0.39, 0.29) is 24.7 Å². The van der Waals surface area contributed by atoms with Crippen molar-refractivity contribution in [1.29, 1.82) is 0 Å². The summed E-state index contributed by atoms with van der Waals surface area (Å²) in [7, 11) is 0. The van der Waals surface area contributed by atoms with Crippen LogP contribution in [0.3, 0.4) is 0 Å². The van der Waals surface area contributed by atoms with Gasteiger partial charge in [0.1, 0.15) is 5.00 Å². The number of carbonyl (C=O) groups excluding carboxylic acids is 3. The molecule has 0 amide bonds. The van der Waals surface area contributed by atoms with Gasteiger partial charge in [-0.1, -0.05) is 28.1 Å². The number of esters is 1. The van der Waals surface area contributed by atoms with Gasteiger partial charge in [-0.2, -0.15) is 0 Å².